The number of benzene rings is 2. The van der Waals surface area contributed by atoms with E-state index in [1.54, 1.807) is 11.3 Å². The van der Waals surface area contributed by atoms with E-state index in [2.05, 4.69) is 26.7 Å². The molecule has 0 aliphatic carbocycles. The van der Waals surface area contributed by atoms with Gasteiger partial charge in [0.25, 0.3) is 0 Å². The predicted molar refractivity (Wildman–Crippen MR) is 113 cm³/mol. The van der Waals surface area contributed by atoms with Crippen LogP contribution in [0.1, 0.15) is 38.5 Å². The quantitative estimate of drug-likeness (QED) is 0.358. The number of rotatable bonds is 0. The van der Waals surface area contributed by atoms with Gasteiger partial charge in [0.15, 0.2) is 0 Å². The molecule has 0 amide bonds. The zero-order valence-corrected chi connectivity index (χ0v) is 17.2. The van der Waals surface area contributed by atoms with E-state index in [1.165, 1.54) is 10.2 Å². The summed E-state index contributed by atoms with van der Waals surface area (Å²) in [7, 11) is 2.03. The molecule has 0 saturated carbocycles. The van der Waals surface area contributed by atoms with Gasteiger partial charge >= 0.3 is 0 Å². The molecule has 0 unspecified atom stereocenters. The number of thiazole rings is 1. The van der Waals surface area contributed by atoms with Crippen LogP contribution in [0.5, 0.6) is 0 Å². The number of hydrogen-bond acceptors (Lipinski definition) is 3. The smallest absolute Gasteiger partial charge is 0.106 e. The van der Waals surface area contributed by atoms with E-state index in [9.17, 15) is 0 Å². The molecule has 0 bridgehead atoms. The number of aryl methyl sites for hydroxylation is 3. The fourth-order valence-electron chi connectivity index (χ4n) is 2.25. The normalized spacial score (nSPS) is 9.40. The monoisotopic (exact) mass is 355 g/mol. The maximum absolute atomic E-state index is 4.38. The van der Waals surface area contributed by atoms with Crippen molar-refractivity contribution in [2.24, 2.45) is 7.05 Å². The standard InChI is InChI=1S/C9H10N2.C8H7NS.2C2H6/c1-7-10-8-5-3-4-6-9(8)11(7)2;1-6-9-7-4-2-3-5-8(7)10-6;2*1-2/h3-6H,1-2H3;2-5H,1H3;2*1-2H3. The summed E-state index contributed by atoms with van der Waals surface area (Å²) in [6.07, 6.45) is 0. The van der Waals surface area contributed by atoms with Crippen molar-refractivity contribution in [3.8, 4) is 0 Å². The van der Waals surface area contributed by atoms with E-state index < -0.39 is 0 Å². The Labute approximate surface area is 155 Å². The van der Waals surface area contributed by atoms with Crippen molar-refractivity contribution in [2.75, 3.05) is 0 Å². The highest BCUT2D eigenvalue weighted by Crippen LogP contribution is 2.19. The number of nitrogens with zero attached hydrogens (tertiary/aromatic N) is 3. The maximum Gasteiger partial charge on any atom is 0.106 e. The highest BCUT2D eigenvalue weighted by atomic mass is 32.1. The van der Waals surface area contributed by atoms with Crippen LogP contribution in [-0.2, 0) is 7.05 Å². The van der Waals surface area contributed by atoms with Crippen molar-refractivity contribution < 1.29 is 0 Å². The van der Waals surface area contributed by atoms with Crippen molar-refractivity contribution in [3.05, 3.63) is 59.4 Å². The molecule has 25 heavy (non-hydrogen) atoms. The predicted octanol–water partition coefficient (Wildman–Crippen LogP) is 6.54. The van der Waals surface area contributed by atoms with Crippen molar-refractivity contribution in [3.63, 3.8) is 0 Å². The van der Waals surface area contributed by atoms with Gasteiger partial charge in [0, 0.05) is 7.05 Å². The third-order valence-corrected chi connectivity index (χ3v) is 4.36. The van der Waals surface area contributed by atoms with Crippen LogP contribution in [0.2, 0.25) is 0 Å². The van der Waals surface area contributed by atoms with Crippen LogP contribution in [0.3, 0.4) is 0 Å². The molecule has 0 radical (unpaired) electrons. The van der Waals surface area contributed by atoms with Crippen LogP contribution in [0.15, 0.2) is 48.5 Å². The minimum atomic E-state index is 1.06. The minimum absolute atomic E-state index is 1.06. The lowest BCUT2D eigenvalue weighted by molar-refractivity contribution is 0.886. The van der Waals surface area contributed by atoms with Crippen LogP contribution in [0.4, 0.5) is 0 Å². The lowest BCUT2D eigenvalue weighted by Crippen LogP contribution is -1.89. The SMILES string of the molecule is CC.CC.Cc1nc2ccccc2n1C.Cc1nc2ccccc2s1. The second-order valence-electron chi connectivity index (χ2n) is 4.91. The highest BCUT2D eigenvalue weighted by molar-refractivity contribution is 7.18. The molecule has 0 spiro atoms. The first-order valence-electron chi connectivity index (χ1n) is 8.85. The Hall–Kier alpha value is -2.20. The second-order valence-corrected chi connectivity index (χ2v) is 6.14. The Morgan fingerprint density at radius 2 is 1.32 bits per heavy atom. The molecule has 4 heteroatoms. The topological polar surface area (TPSA) is 30.7 Å². The van der Waals surface area contributed by atoms with Crippen molar-refractivity contribution in [2.45, 2.75) is 41.5 Å². The van der Waals surface area contributed by atoms with Crippen LogP contribution >= 0.6 is 11.3 Å². The fourth-order valence-corrected chi connectivity index (χ4v) is 3.08. The molecule has 0 aliphatic heterocycles. The van der Waals surface area contributed by atoms with Gasteiger partial charge in [-0.15, -0.1) is 11.3 Å². The van der Waals surface area contributed by atoms with Gasteiger partial charge in [-0.2, -0.15) is 0 Å². The van der Waals surface area contributed by atoms with Gasteiger partial charge in [-0.25, -0.2) is 9.97 Å². The molecule has 134 valence electrons. The molecule has 2 aromatic heterocycles. The summed E-state index contributed by atoms with van der Waals surface area (Å²) in [5.74, 6) is 1.06. The molecule has 4 aromatic rings. The summed E-state index contributed by atoms with van der Waals surface area (Å²) in [5.41, 5.74) is 3.39. The van der Waals surface area contributed by atoms with E-state index >= 15 is 0 Å². The zero-order valence-electron chi connectivity index (χ0n) is 16.4. The number of aromatic nitrogens is 3. The van der Waals surface area contributed by atoms with Gasteiger partial charge < -0.3 is 4.57 Å². The summed E-state index contributed by atoms with van der Waals surface area (Å²) < 4.78 is 3.37. The van der Waals surface area contributed by atoms with E-state index in [4.69, 9.17) is 0 Å². The highest BCUT2D eigenvalue weighted by Gasteiger charge is 2.00. The first-order chi connectivity index (χ1) is 12.1. The second kappa shape index (κ2) is 10.6. The van der Waals surface area contributed by atoms with E-state index in [0.29, 0.717) is 0 Å². The molecule has 0 fully saturated rings. The molecule has 0 atom stereocenters. The third kappa shape index (κ3) is 5.40. The summed E-state index contributed by atoms with van der Waals surface area (Å²) in [6.45, 7) is 12.0. The third-order valence-electron chi connectivity index (χ3n) is 3.41. The summed E-state index contributed by atoms with van der Waals surface area (Å²) in [6, 6.07) is 16.3. The van der Waals surface area contributed by atoms with Gasteiger partial charge in [-0.05, 0) is 38.1 Å². The van der Waals surface area contributed by atoms with Gasteiger partial charge in [0.1, 0.15) is 5.82 Å². The Balaban J connectivity index is 0.000000210. The molecule has 4 rings (SSSR count). The van der Waals surface area contributed by atoms with Crippen LogP contribution < -0.4 is 0 Å². The van der Waals surface area contributed by atoms with Crippen LogP contribution in [-0.4, -0.2) is 14.5 Å². The van der Waals surface area contributed by atoms with Crippen molar-refractivity contribution >= 4 is 32.6 Å². The molecule has 2 aromatic carbocycles. The lowest BCUT2D eigenvalue weighted by Gasteiger charge is -1.93. The molecule has 0 N–H and O–H groups in total. The largest absolute Gasteiger partial charge is 0.331 e. The minimum Gasteiger partial charge on any atom is -0.331 e. The number of para-hydroxylation sites is 3. The summed E-state index contributed by atoms with van der Waals surface area (Å²) >= 11 is 1.74. The van der Waals surface area contributed by atoms with E-state index in [0.717, 1.165) is 21.9 Å². The van der Waals surface area contributed by atoms with Gasteiger partial charge in [0.2, 0.25) is 0 Å². The molecular formula is C21H29N3S. The summed E-state index contributed by atoms with van der Waals surface area (Å²) in [5, 5.41) is 1.14. The molecule has 2 heterocycles. The number of hydrogen-bond donors (Lipinski definition) is 0. The Morgan fingerprint density at radius 3 is 1.92 bits per heavy atom. The van der Waals surface area contributed by atoms with Crippen LogP contribution in [0, 0.1) is 13.8 Å². The Bertz CT molecular complexity index is 857. The molecule has 0 saturated heterocycles. The first-order valence-corrected chi connectivity index (χ1v) is 9.67. The lowest BCUT2D eigenvalue weighted by atomic mass is 10.3. The fraction of sp³-hybridized carbons (Fsp3) is 0.333. The average molecular weight is 356 g/mol. The summed E-state index contributed by atoms with van der Waals surface area (Å²) in [4.78, 5) is 8.71. The van der Waals surface area contributed by atoms with Gasteiger partial charge in [-0.1, -0.05) is 52.0 Å². The maximum atomic E-state index is 4.38. The van der Waals surface area contributed by atoms with Crippen molar-refractivity contribution in [1.82, 2.24) is 14.5 Å². The van der Waals surface area contributed by atoms with Gasteiger partial charge in [-0.3, -0.25) is 0 Å². The van der Waals surface area contributed by atoms with Crippen LogP contribution in [0.25, 0.3) is 21.3 Å². The number of imidazole rings is 1. The van der Waals surface area contributed by atoms with Gasteiger partial charge in [0.05, 0.1) is 26.3 Å². The zero-order chi connectivity index (χ0) is 18.8. The molecular weight excluding hydrogens is 326 g/mol. The van der Waals surface area contributed by atoms with E-state index in [1.807, 2.05) is 85.0 Å². The van der Waals surface area contributed by atoms with E-state index in [-0.39, 0.29) is 0 Å². The Morgan fingerprint density at radius 1 is 0.760 bits per heavy atom. The Kier molecular flexibility index (Phi) is 8.86. The first kappa shape index (κ1) is 20.8. The average Bonchev–Trinajstić information content (AvgIpc) is 3.18. The molecule has 0 aliphatic rings. The number of fused-ring (bicyclic) bond motifs is 2. The molecule has 3 nitrogen and oxygen atoms in total. The van der Waals surface area contributed by atoms with Crippen molar-refractivity contribution in [1.29, 1.82) is 0 Å².